The van der Waals surface area contributed by atoms with Gasteiger partial charge in [0.25, 0.3) is 14.2 Å². The molecule has 0 saturated carbocycles. The number of rotatable bonds is 5. The fraction of sp³-hybridized carbons (Fsp3) is 0.273. The molecule has 0 fully saturated rings. The third kappa shape index (κ3) is 3.60. The van der Waals surface area contributed by atoms with Crippen molar-refractivity contribution in [2.75, 3.05) is 13.7 Å². The lowest BCUT2D eigenvalue weighted by atomic mass is 10.2. The largest absolute Gasteiger partial charge is 0.383 e. The highest BCUT2D eigenvalue weighted by atomic mass is 79.9. The summed E-state index contributed by atoms with van der Waals surface area (Å²) >= 11 is 3.21. The number of benzene rings is 1. The Morgan fingerprint density at radius 2 is 2.14 bits per heavy atom. The summed E-state index contributed by atoms with van der Waals surface area (Å²) in [5.41, 5.74) is 0.492. The Hall–Kier alpha value is -1.03. The summed E-state index contributed by atoms with van der Waals surface area (Å²) in [5.74, 6) is -0.183. The van der Waals surface area contributed by atoms with Gasteiger partial charge in [0.2, 0.25) is 0 Å². The van der Waals surface area contributed by atoms with Crippen molar-refractivity contribution in [2.24, 2.45) is 0 Å². The Balaban J connectivity index is 2.60. The summed E-state index contributed by atoms with van der Waals surface area (Å²) in [6.45, 7) is 0.424. The molecule has 114 valence electrons. The Bertz CT molecular complexity index is 766. The van der Waals surface area contributed by atoms with Crippen molar-refractivity contribution in [1.82, 2.24) is 14.8 Å². The lowest BCUT2D eigenvalue weighted by molar-refractivity contribution is 0.185. The second-order valence-corrected chi connectivity index (χ2v) is 7.33. The molecule has 0 bridgehead atoms. The van der Waals surface area contributed by atoms with Crippen LogP contribution in [0, 0.1) is 5.82 Å². The first kappa shape index (κ1) is 16.3. The first-order valence-electron chi connectivity index (χ1n) is 5.67. The van der Waals surface area contributed by atoms with E-state index in [2.05, 4.69) is 26.1 Å². The summed E-state index contributed by atoms with van der Waals surface area (Å²) in [6, 6.07) is 3.96. The van der Waals surface area contributed by atoms with E-state index in [0.29, 0.717) is 10.0 Å². The lowest BCUT2D eigenvalue weighted by Gasteiger charge is -2.09. The van der Waals surface area contributed by atoms with Crippen LogP contribution in [0.25, 0.3) is 11.4 Å². The van der Waals surface area contributed by atoms with Crippen LogP contribution in [0.3, 0.4) is 0 Å². The van der Waals surface area contributed by atoms with Crippen LogP contribution in [0.2, 0.25) is 0 Å². The standard InChI is InChI=1S/C11H10BrClFN3O3S/c1-20-5-4-17-10(15-16-11(17)21(13,18)19)8-3-2-7(14)6-9(8)12/h2-3,6H,4-5H2,1H3. The van der Waals surface area contributed by atoms with Gasteiger partial charge in [-0.2, -0.15) is 0 Å². The normalized spacial score (nSPS) is 11.8. The highest BCUT2D eigenvalue weighted by Gasteiger charge is 2.24. The molecule has 0 amide bonds. The Labute approximate surface area is 133 Å². The van der Waals surface area contributed by atoms with Crippen molar-refractivity contribution in [3.8, 4) is 11.4 Å². The number of aromatic nitrogens is 3. The van der Waals surface area contributed by atoms with E-state index in [1.165, 1.54) is 29.9 Å². The Kier molecular flexibility index (Phi) is 4.97. The molecule has 2 aromatic rings. The monoisotopic (exact) mass is 397 g/mol. The zero-order valence-corrected chi connectivity index (χ0v) is 13.9. The topological polar surface area (TPSA) is 74.1 Å². The fourth-order valence-corrected chi connectivity index (χ4v) is 3.17. The van der Waals surface area contributed by atoms with Crippen LogP contribution in [0.1, 0.15) is 0 Å². The average molecular weight is 399 g/mol. The minimum absolute atomic E-state index is 0.184. The van der Waals surface area contributed by atoms with Gasteiger partial charge in [-0.1, -0.05) is 0 Å². The summed E-state index contributed by atoms with van der Waals surface area (Å²) < 4.78 is 42.9. The van der Waals surface area contributed by atoms with Crippen molar-refractivity contribution >= 4 is 35.7 Å². The van der Waals surface area contributed by atoms with Gasteiger partial charge >= 0.3 is 0 Å². The molecule has 1 aromatic heterocycles. The van der Waals surface area contributed by atoms with E-state index in [-0.39, 0.29) is 24.1 Å². The molecular weight excluding hydrogens is 389 g/mol. The maximum absolute atomic E-state index is 13.2. The molecule has 0 aliphatic rings. The summed E-state index contributed by atoms with van der Waals surface area (Å²) in [5, 5.41) is 7.06. The predicted octanol–water partition coefficient (Wildman–Crippen LogP) is 2.42. The van der Waals surface area contributed by atoms with E-state index in [9.17, 15) is 12.8 Å². The SMILES string of the molecule is COCCn1c(-c2ccc(F)cc2Br)nnc1S(=O)(=O)Cl. The third-order valence-electron chi connectivity index (χ3n) is 2.63. The fourth-order valence-electron chi connectivity index (χ4n) is 1.72. The third-order valence-corrected chi connectivity index (χ3v) is 4.43. The molecule has 0 atom stereocenters. The molecule has 0 N–H and O–H groups in total. The van der Waals surface area contributed by atoms with Crippen LogP contribution in [0.15, 0.2) is 27.8 Å². The van der Waals surface area contributed by atoms with Crippen molar-refractivity contribution in [1.29, 1.82) is 0 Å². The molecule has 10 heteroatoms. The molecule has 21 heavy (non-hydrogen) atoms. The molecule has 0 radical (unpaired) electrons. The minimum Gasteiger partial charge on any atom is -0.383 e. The number of hydrogen-bond acceptors (Lipinski definition) is 5. The van der Waals surface area contributed by atoms with Gasteiger partial charge in [-0.05, 0) is 34.1 Å². The number of methoxy groups -OCH3 is 1. The number of halogens is 3. The maximum Gasteiger partial charge on any atom is 0.296 e. The highest BCUT2D eigenvalue weighted by Crippen LogP contribution is 2.29. The molecule has 0 aliphatic carbocycles. The van der Waals surface area contributed by atoms with Crippen LogP contribution in [0.4, 0.5) is 4.39 Å². The van der Waals surface area contributed by atoms with Crippen molar-refractivity contribution in [2.45, 2.75) is 11.7 Å². The van der Waals surface area contributed by atoms with Gasteiger partial charge in [0, 0.05) is 27.8 Å². The van der Waals surface area contributed by atoms with Gasteiger partial charge in [0.1, 0.15) is 5.82 Å². The van der Waals surface area contributed by atoms with E-state index >= 15 is 0 Å². The van der Waals surface area contributed by atoms with Crippen LogP contribution in [0.5, 0.6) is 0 Å². The summed E-state index contributed by atoms with van der Waals surface area (Å²) in [4.78, 5) is 0. The van der Waals surface area contributed by atoms with E-state index in [4.69, 9.17) is 15.4 Å². The molecule has 0 unspecified atom stereocenters. The van der Waals surface area contributed by atoms with Crippen molar-refractivity contribution in [3.63, 3.8) is 0 Å². The van der Waals surface area contributed by atoms with E-state index in [0.717, 1.165) is 0 Å². The van der Waals surface area contributed by atoms with Gasteiger partial charge in [0.05, 0.1) is 13.2 Å². The summed E-state index contributed by atoms with van der Waals surface area (Å²) in [7, 11) is 2.77. The van der Waals surface area contributed by atoms with Gasteiger partial charge in [-0.15, -0.1) is 10.2 Å². The molecule has 1 heterocycles. The van der Waals surface area contributed by atoms with Crippen molar-refractivity contribution in [3.05, 3.63) is 28.5 Å². The number of hydrogen-bond donors (Lipinski definition) is 0. The second kappa shape index (κ2) is 6.39. The number of ether oxygens (including phenoxy) is 1. The second-order valence-electron chi connectivity index (χ2n) is 4.01. The van der Waals surface area contributed by atoms with Crippen LogP contribution in [-0.4, -0.2) is 36.9 Å². The molecule has 0 spiro atoms. The molecule has 6 nitrogen and oxygen atoms in total. The van der Waals surface area contributed by atoms with E-state index in [1.54, 1.807) is 0 Å². The minimum atomic E-state index is -4.06. The quantitative estimate of drug-likeness (QED) is 0.723. The molecule has 1 aromatic carbocycles. The van der Waals surface area contributed by atoms with Gasteiger partial charge < -0.3 is 4.74 Å². The van der Waals surface area contributed by atoms with Gasteiger partial charge in [-0.3, -0.25) is 4.57 Å². The predicted molar refractivity (Wildman–Crippen MR) is 78.0 cm³/mol. The molecule has 0 saturated heterocycles. The average Bonchev–Trinajstić information content (AvgIpc) is 2.79. The first-order chi connectivity index (χ1) is 9.84. The van der Waals surface area contributed by atoms with Crippen LogP contribution in [-0.2, 0) is 20.3 Å². The maximum atomic E-state index is 13.2. The van der Waals surface area contributed by atoms with Crippen molar-refractivity contribution < 1.29 is 17.5 Å². The first-order valence-corrected chi connectivity index (χ1v) is 8.77. The highest BCUT2D eigenvalue weighted by molar-refractivity contribution is 9.10. The summed E-state index contributed by atoms with van der Waals surface area (Å²) in [6.07, 6.45) is 0. The molecule has 2 rings (SSSR count). The smallest absolute Gasteiger partial charge is 0.296 e. The van der Waals surface area contributed by atoms with Crippen LogP contribution < -0.4 is 0 Å². The lowest BCUT2D eigenvalue weighted by Crippen LogP contribution is -2.11. The van der Waals surface area contributed by atoms with Gasteiger partial charge in [-0.25, -0.2) is 12.8 Å². The molecular formula is C11H10BrClFN3O3S. The van der Waals surface area contributed by atoms with E-state index in [1.807, 2.05) is 0 Å². The van der Waals surface area contributed by atoms with Gasteiger partial charge in [0.15, 0.2) is 5.82 Å². The number of nitrogens with zero attached hydrogens (tertiary/aromatic N) is 3. The Morgan fingerprint density at radius 1 is 1.43 bits per heavy atom. The van der Waals surface area contributed by atoms with Crippen LogP contribution >= 0.6 is 26.6 Å². The Morgan fingerprint density at radius 3 is 2.71 bits per heavy atom. The van der Waals surface area contributed by atoms with E-state index < -0.39 is 14.9 Å². The molecule has 0 aliphatic heterocycles. The zero-order valence-electron chi connectivity index (χ0n) is 10.8. The zero-order chi connectivity index (χ0) is 15.6.